The number of benzene rings is 2. The number of nitrogens with one attached hydrogen (secondary N) is 1. The molecule has 14 nitrogen and oxygen atoms in total. The van der Waals surface area contributed by atoms with Crippen LogP contribution in [0.1, 0.15) is 91.1 Å². The van der Waals surface area contributed by atoms with Crippen LogP contribution in [0.3, 0.4) is 0 Å². The number of aliphatic hydroxyl groups excluding tert-OH is 3. The summed E-state index contributed by atoms with van der Waals surface area (Å²) < 4.78 is 18.0. The quantitative estimate of drug-likeness (QED) is 0.223. The van der Waals surface area contributed by atoms with Crippen LogP contribution >= 0.6 is 0 Å². The molecular weight excluding hydrogens is 745 g/mol. The Morgan fingerprint density at radius 2 is 1.52 bits per heavy atom. The number of ketones is 1. The molecular formula is C44H60N4O10. The number of amides is 1. The van der Waals surface area contributed by atoms with Crippen molar-refractivity contribution in [3.05, 3.63) is 58.0 Å². The second-order valence-electron chi connectivity index (χ2n) is 17.9. The van der Waals surface area contributed by atoms with Crippen LogP contribution in [0, 0.1) is 30.6 Å². The van der Waals surface area contributed by atoms with Crippen LogP contribution in [0.4, 0.5) is 5.69 Å². The maximum absolute atomic E-state index is 14.6. The van der Waals surface area contributed by atoms with Crippen LogP contribution in [0.5, 0.6) is 17.2 Å². The highest BCUT2D eigenvalue weighted by Crippen LogP contribution is 2.51. The lowest BCUT2D eigenvalue weighted by atomic mass is 9.78. The van der Waals surface area contributed by atoms with Gasteiger partial charge in [0.05, 0.1) is 47.3 Å². The van der Waals surface area contributed by atoms with E-state index in [1.165, 1.54) is 20.3 Å². The minimum Gasteiger partial charge on any atom is -0.507 e. The smallest absolute Gasteiger partial charge is 0.312 e. The molecule has 0 unspecified atom stereocenters. The maximum atomic E-state index is 14.6. The van der Waals surface area contributed by atoms with Gasteiger partial charge in [-0.25, -0.2) is 4.99 Å². The summed E-state index contributed by atoms with van der Waals surface area (Å²) in [6.07, 6.45) is 4.96. The van der Waals surface area contributed by atoms with E-state index in [1.54, 1.807) is 65.8 Å². The molecule has 4 aliphatic rings. The van der Waals surface area contributed by atoms with E-state index in [0.717, 1.165) is 0 Å². The number of likely N-dealkylation sites (tertiary alicyclic amines) is 1. The molecule has 0 radical (unpaired) electrons. The van der Waals surface area contributed by atoms with Gasteiger partial charge in [-0.15, -0.1) is 0 Å². The van der Waals surface area contributed by atoms with Gasteiger partial charge in [0.25, 0.3) is 11.7 Å². The lowest BCUT2D eigenvalue weighted by Gasteiger charge is -2.44. The Bertz CT molecular complexity index is 2200. The van der Waals surface area contributed by atoms with Crippen molar-refractivity contribution in [1.29, 1.82) is 0 Å². The van der Waals surface area contributed by atoms with Crippen molar-refractivity contribution in [3.8, 4) is 17.2 Å². The van der Waals surface area contributed by atoms with Crippen LogP contribution in [-0.2, 0) is 14.3 Å². The number of anilines is 1. The fraction of sp³-hybridized carbons (Fsp3) is 0.591. The van der Waals surface area contributed by atoms with Crippen molar-refractivity contribution in [2.24, 2.45) is 33.7 Å². The SMILES string of the molecule is CO[C@H]1C=CO[C@@]2(C)Oc3c(C)c(O)c4c(O)c(c5c(c4c3C2=O)NC2(CCN(C(C)(C)C)CC2)N=5)=NC(=O)C(C)=CC=C[C@H](C)[C@H](O)[C@@H](C)[C@@H](O)[C@@H](C)[C@H](O)[C@@H]1C. The van der Waals surface area contributed by atoms with Crippen LogP contribution in [0.15, 0.2) is 46.1 Å². The number of fused-ring (bicyclic) bond motifs is 1. The van der Waals surface area contributed by atoms with Gasteiger partial charge in [-0.3, -0.25) is 19.5 Å². The normalized spacial score (nSPS) is 32.1. The number of carbonyl (C=O) groups excluding carboxylic acids is 2. The summed E-state index contributed by atoms with van der Waals surface area (Å²) in [5.74, 6) is -6.34. The number of carbonyl (C=O) groups is 2. The third kappa shape index (κ3) is 7.42. The number of ether oxygens (including phenoxy) is 3. The molecule has 1 amide bonds. The number of aliphatic hydroxyl groups is 3. The average Bonchev–Trinajstić information content (AvgIpc) is 3.67. The highest BCUT2D eigenvalue weighted by atomic mass is 16.7. The number of nitrogens with zero attached hydrogens (tertiary/aromatic N) is 3. The van der Waals surface area contributed by atoms with Crippen molar-refractivity contribution in [2.45, 2.75) is 123 Å². The fourth-order valence-electron chi connectivity index (χ4n) is 8.77. The Kier molecular flexibility index (Phi) is 11.7. The summed E-state index contributed by atoms with van der Waals surface area (Å²) in [6, 6.07) is 0. The molecule has 1 spiro atoms. The fourth-order valence-corrected chi connectivity index (χ4v) is 8.77. The Morgan fingerprint density at radius 3 is 2.14 bits per heavy atom. The molecule has 9 atom stereocenters. The topological polar surface area (TPSA) is 203 Å². The highest BCUT2D eigenvalue weighted by Gasteiger charge is 2.51. The standard InChI is InChI=1S/C44H60N4O10/c1-21-13-12-14-22(2)41(55)45-33-32-31(46-44(47-32)16-18-48(19-17-44)42(7,8)9)28-29(38(33)53)37(52)26(6)39-30(28)40(54)43(10,58-39)57-20-15-27(56-11)23(3)35(50)25(5)36(51)24(4)34(21)49/h12-15,20-21,23-25,27,34-36,46,49-53H,16-19H2,1-11H3/t21-,23+,24+,25-,27-,34-,35+,36+,43-/m0/s1. The lowest BCUT2D eigenvalue weighted by molar-refractivity contribution is -0.114. The van der Waals surface area contributed by atoms with Gasteiger partial charge in [-0.2, -0.15) is 0 Å². The Balaban J connectivity index is 1.56. The van der Waals surface area contributed by atoms with E-state index in [4.69, 9.17) is 19.2 Å². The van der Waals surface area contributed by atoms with E-state index < -0.39 is 77.0 Å². The number of phenols is 2. The van der Waals surface area contributed by atoms with Gasteiger partial charge in [0, 0.05) is 85.7 Å². The maximum Gasteiger partial charge on any atom is 0.312 e. The number of methoxy groups -OCH3 is 1. The molecule has 6 rings (SSSR count). The minimum atomic E-state index is -1.92. The Hall–Kier alpha value is -4.34. The summed E-state index contributed by atoms with van der Waals surface area (Å²) in [7, 11) is 1.47. The molecule has 4 bridgehead atoms. The zero-order valence-corrected chi connectivity index (χ0v) is 35.5. The lowest BCUT2D eigenvalue weighted by Crippen LogP contribution is -2.52. The number of aromatic hydroxyl groups is 2. The number of allylic oxidation sites excluding steroid dienone is 2. The number of hydrogen-bond donors (Lipinski definition) is 6. The van der Waals surface area contributed by atoms with Gasteiger partial charge in [-0.05, 0) is 40.7 Å². The van der Waals surface area contributed by atoms with Crippen molar-refractivity contribution >= 4 is 28.2 Å². The predicted octanol–water partition coefficient (Wildman–Crippen LogP) is 4.32. The summed E-state index contributed by atoms with van der Waals surface area (Å²) in [6.45, 7) is 19.4. The van der Waals surface area contributed by atoms with Crippen LogP contribution in [0.25, 0.3) is 10.8 Å². The molecule has 6 N–H and O–H groups in total. The van der Waals surface area contributed by atoms with Crippen molar-refractivity contribution < 1.29 is 49.3 Å². The van der Waals surface area contributed by atoms with Crippen molar-refractivity contribution in [3.63, 3.8) is 0 Å². The molecule has 14 heteroatoms. The first-order valence-electron chi connectivity index (χ1n) is 20.2. The molecule has 2 aromatic rings. The Labute approximate surface area is 339 Å². The van der Waals surface area contributed by atoms with E-state index in [1.807, 2.05) is 0 Å². The molecule has 2 aromatic carbocycles. The van der Waals surface area contributed by atoms with E-state index in [2.05, 4.69) is 36.0 Å². The monoisotopic (exact) mass is 804 g/mol. The molecule has 0 aliphatic carbocycles. The first-order chi connectivity index (χ1) is 27.1. The van der Waals surface area contributed by atoms with Gasteiger partial charge in [0.2, 0.25) is 0 Å². The first kappa shape index (κ1) is 43.2. The minimum absolute atomic E-state index is 0.0634. The van der Waals surface area contributed by atoms with Crippen LogP contribution in [-0.4, -0.2) is 104 Å². The predicted molar refractivity (Wildman–Crippen MR) is 218 cm³/mol. The summed E-state index contributed by atoms with van der Waals surface area (Å²) in [5, 5.41) is 61.5. The van der Waals surface area contributed by atoms with Crippen LogP contribution < -0.4 is 20.8 Å². The molecule has 316 valence electrons. The molecule has 4 heterocycles. The Morgan fingerprint density at radius 1 is 0.897 bits per heavy atom. The molecule has 0 aromatic heterocycles. The van der Waals surface area contributed by atoms with Gasteiger partial charge in [0.15, 0.2) is 5.75 Å². The zero-order chi connectivity index (χ0) is 42.8. The number of Topliss-reactive ketones (excluding diaryl/α,β-unsaturated/α-hetero) is 1. The van der Waals surface area contributed by atoms with Crippen LogP contribution in [0.2, 0.25) is 0 Å². The summed E-state index contributed by atoms with van der Waals surface area (Å²) in [5.41, 5.74) is -0.166. The first-order valence-corrected chi connectivity index (χ1v) is 20.2. The second kappa shape index (κ2) is 15.7. The number of phenolic OH excluding ortho intramolecular Hbond substituents is 2. The van der Waals surface area contributed by atoms with Gasteiger partial charge in [0.1, 0.15) is 27.9 Å². The summed E-state index contributed by atoms with van der Waals surface area (Å²) >= 11 is 0. The highest BCUT2D eigenvalue weighted by molar-refractivity contribution is 6.21. The van der Waals surface area contributed by atoms with Crippen molar-refractivity contribution in [2.75, 3.05) is 25.5 Å². The molecule has 1 fully saturated rings. The molecule has 58 heavy (non-hydrogen) atoms. The number of hydrogen-bond acceptors (Lipinski definition) is 13. The van der Waals surface area contributed by atoms with E-state index in [0.29, 0.717) is 31.6 Å². The van der Waals surface area contributed by atoms with Gasteiger partial charge >= 0.3 is 5.79 Å². The largest absolute Gasteiger partial charge is 0.507 e. The van der Waals surface area contributed by atoms with Crippen molar-refractivity contribution in [1.82, 2.24) is 4.90 Å². The van der Waals surface area contributed by atoms with E-state index in [9.17, 15) is 35.1 Å². The average molecular weight is 805 g/mol. The third-order valence-electron chi connectivity index (χ3n) is 12.9. The van der Waals surface area contributed by atoms with E-state index in [-0.39, 0.29) is 55.2 Å². The second-order valence-corrected chi connectivity index (χ2v) is 17.9. The summed E-state index contributed by atoms with van der Waals surface area (Å²) in [4.78, 5) is 40.3. The molecule has 0 saturated carbocycles. The number of rotatable bonds is 1. The van der Waals surface area contributed by atoms with Gasteiger partial charge < -0.3 is 45.1 Å². The third-order valence-corrected chi connectivity index (χ3v) is 12.9. The molecule has 1 saturated heterocycles. The molecule has 4 aliphatic heterocycles. The van der Waals surface area contributed by atoms with Gasteiger partial charge in [-0.1, -0.05) is 45.9 Å². The zero-order valence-electron chi connectivity index (χ0n) is 35.5. The number of piperidine rings is 1. The van der Waals surface area contributed by atoms with E-state index >= 15 is 0 Å².